The molecule has 30 heavy (non-hydrogen) atoms. The number of oxazole rings is 1. The molecule has 0 bridgehead atoms. The number of aliphatic imine (C=N–C) groups is 1. The molecule has 0 saturated carbocycles. The van der Waals surface area contributed by atoms with Crippen molar-refractivity contribution in [2.75, 3.05) is 37.6 Å². The minimum absolute atomic E-state index is 0.216. The third-order valence-electron chi connectivity index (χ3n) is 5.29. The lowest BCUT2D eigenvalue weighted by Crippen LogP contribution is -2.51. The van der Waals surface area contributed by atoms with Gasteiger partial charge < -0.3 is 20.0 Å². The van der Waals surface area contributed by atoms with Crippen LogP contribution in [0.2, 0.25) is 0 Å². The van der Waals surface area contributed by atoms with Crippen LogP contribution in [0.1, 0.15) is 11.3 Å². The Labute approximate surface area is 175 Å². The Morgan fingerprint density at radius 1 is 1.07 bits per heavy atom. The van der Waals surface area contributed by atoms with Gasteiger partial charge in [0.15, 0.2) is 5.96 Å². The Kier molecular flexibility index (Phi) is 5.97. The van der Waals surface area contributed by atoms with Crippen LogP contribution in [-0.2, 0) is 6.42 Å². The number of nitrogens with zero attached hydrogens (tertiary/aromatic N) is 4. The molecule has 4 rings (SSSR count). The molecule has 2 N–H and O–H groups in total. The number of nitrogens with two attached hydrogens (primary N) is 1. The van der Waals surface area contributed by atoms with Crippen LogP contribution in [0.25, 0.3) is 11.5 Å². The average Bonchev–Trinajstić information content (AvgIpc) is 3.24. The predicted molar refractivity (Wildman–Crippen MR) is 117 cm³/mol. The highest BCUT2D eigenvalue weighted by atomic mass is 19.1. The van der Waals surface area contributed by atoms with Gasteiger partial charge in [-0.15, -0.1) is 0 Å². The molecule has 0 amide bonds. The van der Waals surface area contributed by atoms with E-state index in [2.05, 4.69) is 26.7 Å². The molecule has 1 saturated heterocycles. The van der Waals surface area contributed by atoms with Crippen LogP contribution in [0, 0.1) is 12.7 Å². The van der Waals surface area contributed by atoms with Crippen molar-refractivity contribution >= 4 is 11.6 Å². The molecule has 6 nitrogen and oxygen atoms in total. The number of piperazine rings is 1. The van der Waals surface area contributed by atoms with Crippen molar-refractivity contribution in [3.05, 3.63) is 71.9 Å². The summed E-state index contributed by atoms with van der Waals surface area (Å²) in [5.41, 5.74) is 10.3. The number of guanidine groups is 1. The van der Waals surface area contributed by atoms with Gasteiger partial charge in [0, 0.05) is 50.4 Å². The highest BCUT2D eigenvalue weighted by Crippen LogP contribution is 2.19. The maximum Gasteiger partial charge on any atom is 0.226 e. The van der Waals surface area contributed by atoms with Gasteiger partial charge in [-0.25, -0.2) is 9.37 Å². The van der Waals surface area contributed by atoms with Gasteiger partial charge in [0.05, 0.1) is 5.69 Å². The Morgan fingerprint density at radius 3 is 2.47 bits per heavy atom. The van der Waals surface area contributed by atoms with Gasteiger partial charge in [-0.2, -0.15) is 0 Å². The number of benzene rings is 2. The van der Waals surface area contributed by atoms with Gasteiger partial charge >= 0.3 is 0 Å². The number of aromatic nitrogens is 1. The van der Waals surface area contributed by atoms with Gasteiger partial charge in [0.2, 0.25) is 5.89 Å². The maximum atomic E-state index is 13.1. The van der Waals surface area contributed by atoms with Gasteiger partial charge in [0.25, 0.3) is 0 Å². The molecule has 0 radical (unpaired) electrons. The summed E-state index contributed by atoms with van der Waals surface area (Å²) >= 11 is 0. The first-order valence-electron chi connectivity index (χ1n) is 10.2. The first-order valence-corrected chi connectivity index (χ1v) is 10.2. The van der Waals surface area contributed by atoms with Gasteiger partial charge in [-0.1, -0.05) is 17.7 Å². The first kappa shape index (κ1) is 19.9. The lowest BCUT2D eigenvalue weighted by Gasteiger charge is -2.36. The fraction of sp³-hybridized carbons (Fsp3) is 0.304. The molecule has 1 aromatic heterocycles. The van der Waals surface area contributed by atoms with E-state index in [1.807, 2.05) is 36.4 Å². The predicted octanol–water partition coefficient (Wildman–Crippen LogP) is 3.47. The number of anilines is 1. The summed E-state index contributed by atoms with van der Waals surface area (Å²) in [6.45, 7) is 5.83. The van der Waals surface area contributed by atoms with Crippen LogP contribution >= 0.6 is 0 Å². The van der Waals surface area contributed by atoms with E-state index in [-0.39, 0.29) is 5.82 Å². The molecule has 1 aliphatic heterocycles. The van der Waals surface area contributed by atoms with E-state index in [9.17, 15) is 4.39 Å². The lowest BCUT2D eigenvalue weighted by molar-refractivity contribution is 0.381. The molecular formula is C23H26FN5O. The highest BCUT2D eigenvalue weighted by molar-refractivity contribution is 5.78. The van der Waals surface area contributed by atoms with E-state index in [0.29, 0.717) is 24.8 Å². The Balaban J connectivity index is 1.27. The molecule has 0 unspecified atom stereocenters. The number of aryl methyl sites for hydroxylation is 1. The van der Waals surface area contributed by atoms with Crippen LogP contribution in [0.15, 0.2) is 64.2 Å². The second-order valence-electron chi connectivity index (χ2n) is 7.45. The van der Waals surface area contributed by atoms with E-state index in [0.717, 1.165) is 43.1 Å². The van der Waals surface area contributed by atoms with Crippen molar-refractivity contribution in [2.24, 2.45) is 10.7 Å². The molecule has 7 heteroatoms. The van der Waals surface area contributed by atoms with E-state index in [4.69, 9.17) is 10.2 Å². The standard InChI is InChI=1S/C23H26FN5O/c1-17-2-4-18(5-3-17)22-27-20(16-30-22)10-11-26-23(25)29-14-12-28(13-15-29)21-8-6-19(24)7-9-21/h2-9,16H,10-15H2,1H3,(H2,25,26). The zero-order valence-electron chi connectivity index (χ0n) is 17.1. The monoisotopic (exact) mass is 407 g/mol. The van der Waals surface area contributed by atoms with E-state index < -0.39 is 0 Å². The minimum Gasteiger partial charge on any atom is -0.444 e. The van der Waals surface area contributed by atoms with Gasteiger partial charge in [0.1, 0.15) is 12.1 Å². The second kappa shape index (κ2) is 8.98. The molecule has 2 aromatic carbocycles. The van der Waals surface area contributed by atoms with Gasteiger partial charge in [-0.05, 0) is 43.3 Å². The summed E-state index contributed by atoms with van der Waals surface area (Å²) < 4.78 is 18.7. The van der Waals surface area contributed by atoms with Crippen molar-refractivity contribution in [1.29, 1.82) is 0 Å². The van der Waals surface area contributed by atoms with E-state index in [1.54, 1.807) is 6.26 Å². The van der Waals surface area contributed by atoms with Crippen molar-refractivity contribution < 1.29 is 8.81 Å². The molecule has 1 aliphatic rings. The largest absolute Gasteiger partial charge is 0.444 e. The number of hydrogen-bond acceptors (Lipinski definition) is 4. The third kappa shape index (κ3) is 4.79. The fourth-order valence-corrected chi connectivity index (χ4v) is 3.48. The Hall–Kier alpha value is -3.35. The first-order chi connectivity index (χ1) is 14.6. The average molecular weight is 407 g/mol. The van der Waals surface area contributed by atoms with Crippen molar-refractivity contribution in [1.82, 2.24) is 9.88 Å². The Bertz CT molecular complexity index is 989. The zero-order valence-corrected chi connectivity index (χ0v) is 17.1. The summed E-state index contributed by atoms with van der Waals surface area (Å²) in [5.74, 6) is 0.960. The highest BCUT2D eigenvalue weighted by Gasteiger charge is 2.18. The third-order valence-corrected chi connectivity index (χ3v) is 5.29. The van der Waals surface area contributed by atoms with Crippen molar-refractivity contribution in [3.63, 3.8) is 0 Å². The molecule has 0 spiro atoms. The minimum atomic E-state index is -0.216. The maximum absolute atomic E-state index is 13.1. The van der Waals surface area contributed by atoms with Crippen LogP contribution in [0.3, 0.4) is 0 Å². The normalized spacial score (nSPS) is 14.9. The second-order valence-corrected chi connectivity index (χ2v) is 7.45. The smallest absolute Gasteiger partial charge is 0.226 e. The topological polar surface area (TPSA) is 70.9 Å². The molecule has 156 valence electrons. The quantitative estimate of drug-likeness (QED) is 0.518. The molecule has 3 aromatic rings. The van der Waals surface area contributed by atoms with E-state index >= 15 is 0 Å². The van der Waals surface area contributed by atoms with Crippen molar-refractivity contribution in [2.45, 2.75) is 13.3 Å². The molecule has 0 aliphatic carbocycles. The molecule has 2 heterocycles. The molecule has 1 fully saturated rings. The zero-order chi connectivity index (χ0) is 20.9. The van der Waals surface area contributed by atoms with Crippen LogP contribution in [0.5, 0.6) is 0 Å². The van der Waals surface area contributed by atoms with E-state index in [1.165, 1.54) is 17.7 Å². The fourth-order valence-electron chi connectivity index (χ4n) is 3.48. The van der Waals surface area contributed by atoms with Crippen LogP contribution in [-0.4, -0.2) is 48.6 Å². The van der Waals surface area contributed by atoms with Crippen LogP contribution < -0.4 is 10.6 Å². The summed E-state index contributed by atoms with van der Waals surface area (Å²) in [6.07, 6.45) is 2.36. The Morgan fingerprint density at radius 2 is 1.77 bits per heavy atom. The number of hydrogen-bond donors (Lipinski definition) is 1. The summed E-state index contributed by atoms with van der Waals surface area (Å²) in [4.78, 5) is 13.4. The summed E-state index contributed by atoms with van der Waals surface area (Å²) in [6, 6.07) is 14.7. The summed E-state index contributed by atoms with van der Waals surface area (Å²) in [7, 11) is 0. The van der Waals surface area contributed by atoms with Crippen molar-refractivity contribution in [3.8, 4) is 11.5 Å². The van der Waals surface area contributed by atoms with Gasteiger partial charge in [-0.3, -0.25) is 4.99 Å². The molecule has 0 atom stereocenters. The van der Waals surface area contributed by atoms with Crippen LogP contribution in [0.4, 0.5) is 10.1 Å². The summed E-state index contributed by atoms with van der Waals surface area (Å²) in [5, 5.41) is 0. The number of rotatable bonds is 5. The number of halogens is 1. The SMILES string of the molecule is Cc1ccc(-c2nc(CCN=C(N)N3CCN(c4ccc(F)cc4)CC3)co2)cc1. The molecular weight excluding hydrogens is 381 g/mol. The lowest BCUT2D eigenvalue weighted by atomic mass is 10.1.